The Bertz CT molecular complexity index is 1180. The largest absolute Gasteiger partial charge is 0.506 e. The first-order chi connectivity index (χ1) is 16.9. The highest BCUT2D eigenvalue weighted by Crippen LogP contribution is 2.28. The van der Waals surface area contributed by atoms with Gasteiger partial charge in [-0.05, 0) is 61.7 Å². The van der Waals surface area contributed by atoms with Gasteiger partial charge in [0.1, 0.15) is 11.8 Å². The molecule has 1 fully saturated rings. The van der Waals surface area contributed by atoms with Crippen LogP contribution in [-0.4, -0.2) is 73.6 Å². The van der Waals surface area contributed by atoms with E-state index in [1.54, 1.807) is 18.2 Å². The third kappa shape index (κ3) is 7.57. The van der Waals surface area contributed by atoms with Crippen LogP contribution in [0.3, 0.4) is 0 Å². The van der Waals surface area contributed by atoms with E-state index in [-0.39, 0.29) is 24.0 Å². The Balaban J connectivity index is 1.49. The molecule has 6 N–H and O–H groups in total. The Hall–Kier alpha value is -3.35. The van der Waals surface area contributed by atoms with Crippen molar-refractivity contribution in [1.82, 2.24) is 10.6 Å². The van der Waals surface area contributed by atoms with Gasteiger partial charge in [0.25, 0.3) is 5.91 Å². The minimum Gasteiger partial charge on any atom is -0.506 e. The molecule has 2 atom stereocenters. The number of phenols is 1. The monoisotopic (exact) mass is 520 g/mol. The van der Waals surface area contributed by atoms with Crippen LogP contribution in [0.2, 0.25) is 0 Å². The number of hydrogen-bond donors (Lipinski definition) is 6. The van der Waals surface area contributed by atoms with Crippen molar-refractivity contribution in [1.29, 1.82) is 0 Å². The Kier molecular flexibility index (Phi) is 8.77. The first-order valence-electron chi connectivity index (χ1n) is 11.5. The van der Waals surface area contributed by atoms with Crippen LogP contribution in [0.25, 0.3) is 0 Å². The second-order valence-corrected chi connectivity index (χ2v) is 10.7. The van der Waals surface area contributed by atoms with E-state index in [0.29, 0.717) is 11.1 Å². The predicted molar refractivity (Wildman–Crippen MR) is 136 cm³/mol. The van der Waals surface area contributed by atoms with Crippen molar-refractivity contribution < 1.29 is 33.3 Å². The van der Waals surface area contributed by atoms with Crippen molar-refractivity contribution in [3.05, 3.63) is 53.6 Å². The molecule has 36 heavy (non-hydrogen) atoms. The van der Waals surface area contributed by atoms with E-state index in [9.17, 15) is 28.2 Å². The Morgan fingerprint density at radius 3 is 2.33 bits per heavy atom. The van der Waals surface area contributed by atoms with Gasteiger partial charge in [0.05, 0.1) is 18.0 Å². The van der Waals surface area contributed by atoms with Crippen LogP contribution in [0, 0.1) is 0 Å². The highest BCUT2D eigenvalue weighted by atomic mass is 32.2. The fraction of sp³-hybridized carbons (Fsp3) is 0.417. The number of piperidine rings is 1. The van der Waals surface area contributed by atoms with Gasteiger partial charge in [0, 0.05) is 36.9 Å². The van der Waals surface area contributed by atoms with Crippen LogP contribution in [0.1, 0.15) is 41.8 Å². The molecule has 0 aliphatic carbocycles. The van der Waals surface area contributed by atoms with Gasteiger partial charge < -0.3 is 30.9 Å². The van der Waals surface area contributed by atoms with Crippen LogP contribution >= 0.6 is 0 Å². The minimum atomic E-state index is -3.57. The zero-order chi connectivity index (χ0) is 26.5. The third-order valence-electron chi connectivity index (χ3n) is 6.01. The van der Waals surface area contributed by atoms with Gasteiger partial charge in [-0.15, -0.1) is 0 Å². The highest BCUT2D eigenvalue weighted by Gasteiger charge is 2.21. The van der Waals surface area contributed by atoms with Gasteiger partial charge in [0.2, 0.25) is 10.0 Å². The van der Waals surface area contributed by atoms with Crippen molar-refractivity contribution in [2.45, 2.75) is 38.0 Å². The molecule has 0 radical (unpaired) electrons. The number of phenolic OH excluding ortho intramolecular Hbond substituents is 1. The van der Waals surface area contributed by atoms with E-state index in [4.69, 9.17) is 5.11 Å². The summed E-state index contributed by atoms with van der Waals surface area (Å²) in [6.45, 7) is 3.23. The number of carboxylic acids is 1. The summed E-state index contributed by atoms with van der Waals surface area (Å²) in [7, 11) is -3.57. The van der Waals surface area contributed by atoms with Crippen molar-refractivity contribution in [3.63, 3.8) is 0 Å². The summed E-state index contributed by atoms with van der Waals surface area (Å²) < 4.78 is 25.2. The molecule has 196 valence electrons. The average molecular weight is 521 g/mol. The third-order valence-corrected chi connectivity index (χ3v) is 6.60. The summed E-state index contributed by atoms with van der Waals surface area (Å²) in [5.74, 6) is -1.76. The maximum atomic E-state index is 12.2. The van der Waals surface area contributed by atoms with Crippen LogP contribution in [-0.2, 0) is 14.8 Å². The molecule has 0 bridgehead atoms. The number of aliphatic hydroxyl groups excluding tert-OH is 1. The number of benzene rings is 2. The summed E-state index contributed by atoms with van der Waals surface area (Å²) in [6, 6.07) is 10.5. The SMILES string of the molecule is CC(NC(=O)c1ccc(N2CCC(NC[C@@H](O)c3ccc(O)c(NS(C)(=O)=O)c3)CC2)cc1)C(=O)O. The standard InChI is InChI=1S/C24H32N4O7S/c1-15(24(32)33)26-23(31)16-3-6-19(7-4-16)28-11-9-18(10-12-28)25-14-22(30)17-5-8-21(29)20(13-17)27-36(2,34)35/h3-8,13,15,18,22,25,27,29-30H,9-12,14H2,1-2H3,(H,26,31)(H,32,33)/t15?,22-/m1/s1. The Morgan fingerprint density at radius 1 is 1.11 bits per heavy atom. The van der Waals surface area contributed by atoms with Gasteiger partial charge >= 0.3 is 5.97 Å². The molecule has 1 aliphatic heterocycles. The predicted octanol–water partition coefficient (Wildman–Crippen LogP) is 1.26. The zero-order valence-corrected chi connectivity index (χ0v) is 21.0. The van der Waals surface area contributed by atoms with Gasteiger partial charge in [-0.1, -0.05) is 6.07 Å². The zero-order valence-electron chi connectivity index (χ0n) is 20.1. The Labute approximate surface area is 210 Å². The van der Waals surface area contributed by atoms with Crippen molar-refractivity contribution in [2.75, 3.05) is 35.5 Å². The molecule has 2 aromatic rings. The average Bonchev–Trinajstić information content (AvgIpc) is 2.83. The summed E-state index contributed by atoms with van der Waals surface area (Å²) in [6.07, 6.45) is 1.77. The number of carbonyl (C=O) groups is 2. The topological polar surface area (TPSA) is 168 Å². The van der Waals surface area contributed by atoms with E-state index in [1.165, 1.54) is 19.1 Å². The lowest BCUT2D eigenvalue weighted by Crippen LogP contribution is -2.43. The van der Waals surface area contributed by atoms with E-state index >= 15 is 0 Å². The fourth-order valence-corrected chi connectivity index (χ4v) is 4.51. The number of nitrogens with zero attached hydrogens (tertiary/aromatic N) is 1. The summed E-state index contributed by atoms with van der Waals surface area (Å²) in [4.78, 5) is 25.3. The summed E-state index contributed by atoms with van der Waals surface area (Å²) in [5, 5.41) is 35.1. The van der Waals surface area contributed by atoms with E-state index in [2.05, 4.69) is 20.3 Å². The van der Waals surface area contributed by atoms with Gasteiger partial charge in [-0.2, -0.15) is 0 Å². The lowest BCUT2D eigenvalue weighted by Gasteiger charge is -2.34. The normalized spacial score (nSPS) is 16.2. The summed E-state index contributed by atoms with van der Waals surface area (Å²) in [5.41, 5.74) is 1.85. The van der Waals surface area contributed by atoms with Gasteiger partial charge in [-0.25, -0.2) is 8.42 Å². The van der Waals surface area contributed by atoms with Crippen LogP contribution < -0.4 is 20.3 Å². The lowest BCUT2D eigenvalue weighted by atomic mass is 10.0. The molecule has 1 heterocycles. The highest BCUT2D eigenvalue weighted by molar-refractivity contribution is 7.92. The molecular weight excluding hydrogens is 488 g/mol. The number of sulfonamides is 1. The smallest absolute Gasteiger partial charge is 0.325 e. The van der Waals surface area contributed by atoms with Crippen LogP contribution in [0.5, 0.6) is 5.75 Å². The second kappa shape index (κ2) is 11.6. The van der Waals surface area contributed by atoms with Crippen molar-refractivity contribution in [3.8, 4) is 5.75 Å². The first kappa shape index (κ1) is 27.2. The van der Waals surface area contributed by atoms with Crippen molar-refractivity contribution in [2.24, 2.45) is 0 Å². The van der Waals surface area contributed by atoms with Gasteiger partial charge in [0.15, 0.2) is 0 Å². The minimum absolute atomic E-state index is 0.0160. The molecule has 11 nitrogen and oxygen atoms in total. The molecule has 0 saturated carbocycles. The number of carboxylic acid groups (broad SMARTS) is 1. The number of aromatic hydroxyl groups is 1. The number of nitrogens with one attached hydrogen (secondary N) is 3. The number of rotatable bonds is 10. The summed E-state index contributed by atoms with van der Waals surface area (Å²) >= 11 is 0. The first-order valence-corrected chi connectivity index (χ1v) is 13.4. The molecule has 1 unspecified atom stereocenters. The van der Waals surface area contributed by atoms with E-state index in [1.807, 2.05) is 12.1 Å². The number of aliphatic carboxylic acids is 1. The molecule has 0 aromatic heterocycles. The molecule has 0 spiro atoms. The van der Waals surface area contributed by atoms with Gasteiger partial charge in [-0.3, -0.25) is 14.3 Å². The molecule has 1 aliphatic rings. The maximum absolute atomic E-state index is 12.2. The molecule has 1 saturated heterocycles. The number of amides is 1. The number of aliphatic hydroxyl groups is 1. The van der Waals surface area contributed by atoms with E-state index < -0.39 is 34.0 Å². The maximum Gasteiger partial charge on any atom is 0.325 e. The molecule has 3 rings (SSSR count). The van der Waals surface area contributed by atoms with Crippen LogP contribution in [0.15, 0.2) is 42.5 Å². The molecular formula is C24H32N4O7S. The number of carbonyl (C=O) groups excluding carboxylic acids is 1. The van der Waals surface area contributed by atoms with Crippen LogP contribution in [0.4, 0.5) is 11.4 Å². The second-order valence-electron chi connectivity index (χ2n) is 8.92. The fourth-order valence-electron chi connectivity index (χ4n) is 3.95. The molecule has 1 amide bonds. The number of anilines is 2. The Morgan fingerprint density at radius 2 is 1.75 bits per heavy atom. The quantitative estimate of drug-likeness (QED) is 0.253. The van der Waals surface area contributed by atoms with E-state index in [0.717, 1.165) is 37.9 Å². The molecule has 2 aromatic carbocycles. The molecule has 12 heteroatoms. The van der Waals surface area contributed by atoms with Crippen molar-refractivity contribution >= 4 is 33.3 Å². The lowest BCUT2D eigenvalue weighted by molar-refractivity contribution is -0.138. The number of hydrogen-bond acceptors (Lipinski definition) is 8.